The summed E-state index contributed by atoms with van der Waals surface area (Å²) < 4.78 is 10.3. The summed E-state index contributed by atoms with van der Waals surface area (Å²) in [6, 6.07) is 3.72. The maximum absolute atomic E-state index is 5.16. The fourth-order valence-corrected chi connectivity index (χ4v) is 0.776. The normalized spacial score (nSPS) is 9.91. The molecule has 11 heavy (non-hydrogen) atoms. The first-order valence-electron chi connectivity index (χ1n) is 3.64. The van der Waals surface area contributed by atoms with Crippen molar-refractivity contribution < 1.29 is 9.15 Å². The Hall–Kier alpha value is -1.02. The molecular formula is C9H12O2. The summed E-state index contributed by atoms with van der Waals surface area (Å²) in [5.41, 5.74) is 0.886. The lowest BCUT2D eigenvalue weighted by Crippen LogP contribution is -1.94. The third kappa shape index (κ3) is 2.24. The van der Waals surface area contributed by atoms with Gasteiger partial charge in [0.1, 0.15) is 5.76 Å². The summed E-state index contributed by atoms with van der Waals surface area (Å²) >= 11 is 0. The molecule has 0 saturated carbocycles. The highest BCUT2D eigenvalue weighted by Crippen LogP contribution is 2.12. The van der Waals surface area contributed by atoms with Crippen LogP contribution in [0.4, 0.5) is 0 Å². The summed E-state index contributed by atoms with van der Waals surface area (Å²) in [7, 11) is 0. The van der Waals surface area contributed by atoms with E-state index in [1.54, 1.807) is 6.26 Å². The first-order valence-corrected chi connectivity index (χ1v) is 3.64. The van der Waals surface area contributed by atoms with E-state index in [0.29, 0.717) is 13.2 Å². The van der Waals surface area contributed by atoms with Crippen LogP contribution in [0.3, 0.4) is 0 Å². The standard InChI is InChI=1S/C9H12O2/c1-3-10-7-8(2)9-5-4-6-11-9/h4-6H,2-3,7H2,1H3. The van der Waals surface area contributed by atoms with Crippen molar-refractivity contribution in [2.24, 2.45) is 0 Å². The molecule has 0 bridgehead atoms. The number of hydrogen-bond acceptors (Lipinski definition) is 2. The van der Waals surface area contributed by atoms with Gasteiger partial charge in [0.15, 0.2) is 0 Å². The van der Waals surface area contributed by atoms with Crippen molar-refractivity contribution in [3.05, 3.63) is 30.7 Å². The Morgan fingerprint density at radius 2 is 2.55 bits per heavy atom. The maximum atomic E-state index is 5.16. The monoisotopic (exact) mass is 152 g/mol. The van der Waals surface area contributed by atoms with Crippen LogP contribution in [0.25, 0.3) is 5.57 Å². The predicted molar refractivity (Wildman–Crippen MR) is 44.2 cm³/mol. The Morgan fingerprint density at radius 3 is 3.09 bits per heavy atom. The van der Waals surface area contributed by atoms with Crippen LogP contribution >= 0.6 is 0 Å². The Balaban J connectivity index is 2.43. The fourth-order valence-electron chi connectivity index (χ4n) is 0.776. The van der Waals surface area contributed by atoms with E-state index in [1.165, 1.54) is 0 Å². The van der Waals surface area contributed by atoms with Crippen LogP contribution in [-0.4, -0.2) is 13.2 Å². The zero-order valence-electron chi connectivity index (χ0n) is 6.67. The summed E-state index contributed by atoms with van der Waals surface area (Å²) in [5.74, 6) is 0.804. The third-order valence-electron chi connectivity index (χ3n) is 1.35. The van der Waals surface area contributed by atoms with E-state index >= 15 is 0 Å². The molecule has 0 aliphatic rings. The van der Waals surface area contributed by atoms with Crippen molar-refractivity contribution in [2.75, 3.05) is 13.2 Å². The molecule has 1 heterocycles. The third-order valence-corrected chi connectivity index (χ3v) is 1.35. The zero-order valence-corrected chi connectivity index (χ0v) is 6.67. The van der Waals surface area contributed by atoms with Crippen LogP contribution in [0.1, 0.15) is 12.7 Å². The Bertz CT molecular complexity index is 211. The van der Waals surface area contributed by atoms with Crippen LogP contribution < -0.4 is 0 Å². The van der Waals surface area contributed by atoms with Crippen molar-refractivity contribution in [2.45, 2.75) is 6.92 Å². The summed E-state index contributed by atoms with van der Waals surface area (Å²) in [6.45, 7) is 7.02. The van der Waals surface area contributed by atoms with Crippen molar-refractivity contribution >= 4 is 5.57 Å². The molecule has 0 aromatic carbocycles. The molecular weight excluding hydrogens is 140 g/mol. The molecule has 0 saturated heterocycles. The van der Waals surface area contributed by atoms with Gasteiger partial charge in [0, 0.05) is 12.2 Å². The van der Waals surface area contributed by atoms with Gasteiger partial charge in [0.25, 0.3) is 0 Å². The molecule has 1 rings (SSSR count). The highest BCUT2D eigenvalue weighted by atomic mass is 16.5. The van der Waals surface area contributed by atoms with Crippen molar-refractivity contribution in [1.82, 2.24) is 0 Å². The van der Waals surface area contributed by atoms with E-state index < -0.39 is 0 Å². The van der Waals surface area contributed by atoms with Gasteiger partial charge in [-0.05, 0) is 19.1 Å². The molecule has 0 fully saturated rings. The van der Waals surface area contributed by atoms with E-state index in [-0.39, 0.29) is 0 Å². The zero-order chi connectivity index (χ0) is 8.10. The lowest BCUT2D eigenvalue weighted by Gasteiger charge is -2.00. The molecule has 1 aromatic heterocycles. The van der Waals surface area contributed by atoms with Crippen molar-refractivity contribution in [1.29, 1.82) is 0 Å². The van der Waals surface area contributed by atoms with E-state index in [0.717, 1.165) is 11.3 Å². The number of hydrogen-bond donors (Lipinski definition) is 0. The van der Waals surface area contributed by atoms with Crippen molar-refractivity contribution in [3.63, 3.8) is 0 Å². The Labute approximate surface area is 66.5 Å². The van der Waals surface area contributed by atoms with E-state index in [2.05, 4.69) is 6.58 Å². The van der Waals surface area contributed by atoms with Crippen LogP contribution in [-0.2, 0) is 4.74 Å². The maximum Gasteiger partial charge on any atom is 0.131 e. The van der Waals surface area contributed by atoms with E-state index in [9.17, 15) is 0 Å². The summed E-state index contributed by atoms with van der Waals surface area (Å²) in [4.78, 5) is 0. The van der Waals surface area contributed by atoms with Crippen LogP contribution in [0.5, 0.6) is 0 Å². The van der Waals surface area contributed by atoms with Gasteiger partial charge in [-0.15, -0.1) is 0 Å². The molecule has 60 valence electrons. The second-order valence-electron chi connectivity index (χ2n) is 2.22. The molecule has 0 N–H and O–H groups in total. The Morgan fingerprint density at radius 1 is 1.73 bits per heavy atom. The smallest absolute Gasteiger partial charge is 0.131 e. The second-order valence-corrected chi connectivity index (χ2v) is 2.22. The molecule has 2 heteroatoms. The largest absolute Gasteiger partial charge is 0.465 e. The lowest BCUT2D eigenvalue weighted by atomic mass is 10.2. The fraction of sp³-hybridized carbons (Fsp3) is 0.333. The minimum atomic E-state index is 0.546. The van der Waals surface area contributed by atoms with Gasteiger partial charge in [-0.25, -0.2) is 0 Å². The van der Waals surface area contributed by atoms with Gasteiger partial charge in [0.2, 0.25) is 0 Å². The molecule has 1 aromatic rings. The molecule has 2 nitrogen and oxygen atoms in total. The average molecular weight is 152 g/mol. The molecule has 0 atom stereocenters. The van der Waals surface area contributed by atoms with Gasteiger partial charge in [-0.1, -0.05) is 6.58 Å². The Kier molecular flexibility index (Phi) is 2.93. The second kappa shape index (κ2) is 3.98. The van der Waals surface area contributed by atoms with Gasteiger partial charge in [-0.2, -0.15) is 0 Å². The van der Waals surface area contributed by atoms with Gasteiger partial charge >= 0.3 is 0 Å². The molecule has 0 radical (unpaired) electrons. The molecule has 0 spiro atoms. The highest BCUT2D eigenvalue weighted by Gasteiger charge is 1.99. The molecule has 0 aliphatic carbocycles. The van der Waals surface area contributed by atoms with Gasteiger partial charge in [-0.3, -0.25) is 0 Å². The molecule has 0 amide bonds. The van der Waals surface area contributed by atoms with Crippen LogP contribution in [0.2, 0.25) is 0 Å². The van der Waals surface area contributed by atoms with E-state index in [4.69, 9.17) is 9.15 Å². The SMILES string of the molecule is C=C(COCC)c1ccco1. The highest BCUT2D eigenvalue weighted by molar-refractivity contribution is 5.59. The molecule has 0 aliphatic heterocycles. The summed E-state index contributed by atoms with van der Waals surface area (Å²) in [6.07, 6.45) is 1.63. The lowest BCUT2D eigenvalue weighted by molar-refractivity contribution is 0.181. The van der Waals surface area contributed by atoms with Gasteiger partial charge in [0.05, 0.1) is 12.9 Å². The minimum absolute atomic E-state index is 0.546. The molecule has 0 unspecified atom stereocenters. The van der Waals surface area contributed by atoms with Crippen LogP contribution in [0, 0.1) is 0 Å². The van der Waals surface area contributed by atoms with Crippen molar-refractivity contribution in [3.8, 4) is 0 Å². The average Bonchev–Trinajstić information content (AvgIpc) is 2.52. The summed E-state index contributed by atoms with van der Waals surface area (Å²) in [5, 5.41) is 0. The minimum Gasteiger partial charge on any atom is -0.465 e. The quantitative estimate of drug-likeness (QED) is 0.660. The van der Waals surface area contributed by atoms with E-state index in [1.807, 2.05) is 19.1 Å². The first-order chi connectivity index (χ1) is 5.34. The van der Waals surface area contributed by atoms with Gasteiger partial charge < -0.3 is 9.15 Å². The van der Waals surface area contributed by atoms with Crippen LogP contribution in [0.15, 0.2) is 29.4 Å². The predicted octanol–water partition coefficient (Wildman–Crippen LogP) is 2.33. The number of ether oxygens (including phenoxy) is 1. The first kappa shape index (κ1) is 8.08. The topological polar surface area (TPSA) is 22.4 Å². The number of furan rings is 1. The number of rotatable bonds is 4.